The lowest BCUT2D eigenvalue weighted by atomic mass is 9.97. The molecule has 0 atom stereocenters. The Morgan fingerprint density at radius 1 is 1.23 bits per heavy atom. The number of hydrogen-bond acceptors (Lipinski definition) is 6. The number of carbonyl (C=O) groups is 1. The Kier molecular flexibility index (Phi) is 7.09. The van der Waals surface area contributed by atoms with Crippen LogP contribution in [0.4, 0.5) is 5.69 Å². The van der Waals surface area contributed by atoms with E-state index in [1.54, 1.807) is 11.3 Å². The number of H-pyrrole nitrogens is 1. The van der Waals surface area contributed by atoms with Gasteiger partial charge in [-0.25, -0.2) is 4.98 Å². The number of amides is 1. The molecule has 0 saturated carbocycles. The van der Waals surface area contributed by atoms with Crippen molar-refractivity contribution in [1.29, 1.82) is 0 Å². The minimum absolute atomic E-state index is 0.0428. The van der Waals surface area contributed by atoms with Crippen LogP contribution < -0.4 is 10.9 Å². The fourth-order valence-electron chi connectivity index (χ4n) is 3.82. The summed E-state index contributed by atoms with van der Waals surface area (Å²) >= 11 is 3.11. The minimum Gasteiger partial charge on any atom is -0.325 e. The highest BCUT2D eigenvalue weighted by Gasteiger charge is 2.19. The second-order valence-electron chi connectivity index (χ2n) is 8.19. The number of anilines is 1. The third-order valence-corrected chi connectivity index (χ3v) is 7.56. The first-order valence-corrected chi connectivity index (χ1v) is 12.6. The van der Waals surface area contributed by atoms with Gasteiger partial charge in [-0.15, -0.1) is 23.1 Å². The van der Waals surface area contributed by atoms with Crippen molar-refractivity contribution < 1.29 is 4.79 Å². The molecular formula is C23H28N4O2S2. The number of aryl methyl sites for hydroxylation is 2. The van der Waals surface area contributed by atoms with Gasteiger partial charge in [0.05, 0.1) is 16.9 Å². The minimum atomic E-state index is -0.0546. The van der Waals surface area contributed by atoms with Crippen LogP contribution in [0.5, 0.6) is 0 Å². The monoisotopic (exact) mass is 456 g/mol. The number of rotatable bonds is 8. The molecule has 0 unspecified atom stereocenters. The molecule has 1 aliphatic carbocycles. The SMILES string of the molecule is CN(C)CCc1ccc(NC(=O)CSCc2nc3sc4c(c3c(=O)[nH]2)CCCC4)cc1. The fourth-order valence-corrected chi connectivity index (χ4v) is 5.79. The number of hydrogen-bond donors (Lipinski definition) is 2. The van der Waals surface area contributed by atoms with Gasteiger partial charge >= 0.3 is 0 Å². The molecule has 0 saturated heterocycles. The second-order valence-corrected chi connectivity index (χ2v) is 10.3. The number of likely N-dealkylation sites (N-methyl/N-ethyl adjacent to an activating group) is 1. The van der Waals surface area contributed by atoms with Crippen molar-refractivity contribution in [2.24, 2.45) is 0 Å². The van der Waals surface area contributed by atoms with Crippen LogP contribution in [0, 0.1) is 0 Å². The van der Waals surface area contributed by atoms with Crippen LogP contribution in [0.3, 0.4) is 0 Å². The van der Waals surface area contributed by atoms with Gasteiger partial charge in [0.1, 0.15) is 10.7 Å². The molecule has 1 amide bonds. The molecule has 0 spiro atoms. The van der Waals surface area contributed by atoms with Gasteiger partial charge in [0, 0.05) is 17.1 Å². The molecule has 3 aromatic rings. The highest BCUT2D eigenvalue weighted by atomic mass is 32.2. The van der Waals surface area contributed by atoms with Crippen molar-refractivity contribution >= 4 is 44.9 Å². The van der Waals surface area contributed by atoms with Crippen molar-refractivity contribution in [2.75, 3.05) is 31.7 Å². The van der Waals surface area contributed by atoms with E-state index in [0.29, 0.717) is 17.3 Å². The summed E-state index contributed by atoms with van der Waals surface area (Å²) in [5, 5.41) is 3.71. The molecule has 4 rings (SSSR count). The van der Waals surface area contributed by atoms with Crippen LogP contribution in [0.15, 0.2) is 29.1 Å². The molecule has 2 heterocycles. The van der Waals surface area contributed by atoms with Gasteiger partial charge in [0.25, 0.3) is 5.56 Å². The predicted molar refractivity (Wildman–Crippen MR) is 130 cm³/mol. The Bertz CT molecular complexity index is 1120. The van der Waals surface area contributed by atoms with Gasteiger partial charge in [-0.3, -0.25) is 9.59 Å². The van der Waals surface area contributed by atoms with E-state index in [1.165, 1.54) is 34.2 Å². The summed E-state index contributed by atoms with van der Waals surface area (Å²) in [4.78, 5) is 36.8. The van der Waals surface area contributed by atoms with Crippen LogP contribution >= 0.6 is 23.1 Å². The van der Waals surface area contributed by atoms with E-state index in [2.05, 4.69) is 46.4 Å². The van der Waals surface area contributed by atoms with Crippen molar-refractivity contribution in [2.45, 2.75) is 37.9 Å². The smallest absolute Gasteiger partial charge is 0.259 e. The van der Waals surface area contributed by atoms with E-state index >= 15 is 0 Å². The average Bonchev–Trinajstić information content (AvgIpc) is 3.12. The van der Waals surface area contributed by atoms with Crippen LogP contribution in [-0.4, -0.2) is 47.2 Å². The molecule has 1 aliphatic rings. The highest BCUT2D eigenvalue weighted by molar-refractivity contribution is 7.99. The van der Waals surface area contributed by atoms with E-state index in [0.717, 1.165) is 48.1 Å². The molecule has 8 heteroatoms. The standard InChI is InChI=1S/C23H28N4O2S2/c1-27(2)12-11-15-7-9-16(10-8-15)24-20(28)14-30-13-19-25-22(29)21-17-5-3-4-6-18(17)31-23(21)26-19/h7-10H,3-6,11-14H2,1-2H3,(H,24,28)(H,25,26,29). The van der Waals surface area contributed by atoms with E-state index < -0.39 is 0 Å². The first-order chi connectivity index (χ1) is 15.0. The lowest BCUT2D eigenvalue weighted by Gasteiger charge is -2.10. The lowest BCUT2D eigenvalue weighted by molar-refractivity contribution is -0.113. The molecule has 0 bridgehead atoms. The van der Waals surface area contributed by atoms with Crippen LogP contribution in [0.1, 0.15) is 34.7 Å². The number of nitrogens with zero attached hydrogens (tertiary/aromatic N) is 2. The maximum Gasteiger partial charge on any atom is 0.259 e. The molecule has 2 N–H and O–H groups in total. The Morgan fingerprint density at radius 3 is 2.77 bits per heavy atom. The normalized spacial score (nSPS) is 13.5. The number of benzene rings is 1. The topological polar surface area (TPSA) is 78.1 Å². The summed E-state index contributed by atoms with van der Waals surface area (Å²) in [6.45, 7) is 0.998. The molecule has 164 valence electrons. The van der Waals surface area contributed by atoms with E-state index in [9.17, 15) is 9.59 Å². The number of aromatic amines is 1. The van der Waals surface area contributed by atoms with Crippen molar-refractivity contribution in [3.05, 3.63) is 56.4 Å². The Labute approximate surface area is 190 Å². The van der Waals surface area contributed by atoms with Gasteiger partial charge in [0.2, 0.25) is 5.91 Å². The summed E-state index contributed by atoms with van der Waals surface area (Å²) in [6, 6.07) is 7.99. The molecule has 0 radical (unpaired) electrons. The van der Waals surface area contributed by atoms with Crippen molar-refractivity contribution in [3.63, 3.8) is 0 Å². The van der Waals surface area contributed by atoms with Crippen LogP contribution in [-0.2, 0) is 29.8 Å². The Morgan fingerprint density at radius 2 is 2.00 bits per heavy atom. The van der Waals surface area contributed by atoms with Gasteiger partial charge in [-0.1, -0.05) is 12.1 Å². The zero-order valence-electron chi connectivity index (χ0n) is 18.0. The summed E-state index contributed by atoms with van der Waals surface area (Å²) in [5.41, 5.74) is 3.21. The van der Waals surface area contributed by atoms with Gasteiger partial charge in [-0.2, -0.15) is 0 Å². The molecule has 0 fully saturated rings. The van der Waals surface area contributed by atoms with Crippen molar-refractivity contribution in [1.82, 2.24) is 14.9 Å². The maximum absolute atomic E-state index is 12.6. The predicted octanol–water partition coefficient (Wildman–Crippen LogP) is 3.84. The third-order valence-electron chi connectivity index (χ3n) is 5.43. The largest absolute Gasteiger partial charge is 0.325 e. The zero-order chi connectivity index (χ0) is 21.8. The van der Waals surface area contributed by atoms with E-state index in [-0.39, 0.29) is 11.5 Å². The summed E-state index contributed by atoms with van der Waals surface area (Å²) in [6.07, 6.45) is 5.35. The molecule has 1 aromatic carbocycles. The quantitative estimate of drug-likeness (QED) is 0.539. The molecule has 0 aliphatic heterocycles. The lowest BCUT2D eigenvalue weighted by Crippen LogP contribution is -2.16. The first-order valence-electron chi connectivity index (χ1n) is 10.6. The van der Waals surface area contributed by atoms with Crippen molar-refractivity contribution in [3.8, 4) is 0 Å². The number of nitrogens with one attached hydrogen (secondary N) is 2. The zero-order valence-corrected chi connectivity index (χ0v) is 19.6. The summed E-state index contributed by atoms with van der Waals surface area (Å²) in [7, 11) is 4.12. The van der Waals surface area contributed by atoms with E-state index in [1.807, 2.05) is 12.1 Å². The maximum atomic E-state index is 12.6. The second kappa shape index (κ2) is 9.97. The number of carbonyl (C=O) groups excluding carboxylic acids is 1. The first kappa shape index (κ1) is 22.0. The highest BCUT2D eigenvalue weighted by Crippen LogP contribution is 2.33. The number of fused-ring (bicyclic) bond motifs is 3. The van der Waals surface area contributed by atoms with Gasteiger partial charge in [0.15, 0.2) is 0 Å². The van der Waals surface area contributed by atoms with Gasteiger partial charge in [-0.05, 0) is 69.5 Å². The van der Waals surface area contributed by atoms with E-state index in [4.69, 9.17) is 0 Å². The van der Waals surface area contributed by atoms with Gasteiger partial charge < -0.3 is 15.2 Å². The molecule has 2 aromatic heterocycles. The number of thiophene rings is 1. The summed E-state index contributed by atoms with van der Waals surface area (Å²) < 4.78 is 0. The fraction of sp³-hybridized carbons (Fsp3) is 0.435. The average molecular weight is 457 g/mol. The summed E-state index contributed by atoms with van der Waals surface area (Å²) in [5.74, 6) is 1.40. The number of aromatic nitrogens is 2. The third kappa shape index (κ3) is 5.56. The molecular weight excluding hydrogens is 428 g/mol. The molecule has 6 nitrogen and oxygen atoms in total. The molecule has 31 heavy (non-hydrogen) atoms. The van der Waals surface area contributed by atoms with Crippen LogP contribution in [0.2, 0.25) is 0 Å². The van der Waals surface area contributed by atoms with Crippen LogP contribution in [0.25, 0.3) is 10.2 Å². The Balaban J connectivity index is 1.30. The Hall–Kier alpha value is -2.16. The number of thioether (sulfide) groups is 1.